The van der Waals surface area contributed by atoms with Crippen LogP contribution in [0.15, 0.2) is 0 Å². The van der Waals surface area contributed by atoms with E-state index in [1.54, 1.807) is 0 Å². The first-order valence-electron chi connectivity index (χ1n) is 19.2. The maximum atomic E-state index is 12.2. The molecule has 0 spiro atoms. The topological polar surface area (TPSA) is 405 Å². The molecule has 0 aliphatic rings. The Morgan fingerprint density at radius 1 is 0.136 bits per heavy atom. The van der Waals surface area contributed by atoms with E-state index in [4.69, 9.17) is 0 Å². The lowest BCUT2D eigenvalue weighted by Crippen LogP contribution is -2.30. The number of phenolic OH excluding ortho intramolecular Hbond substituents is 20. The van der Waals surface area contributed by atoms with E-state index in [2.05, 4.69) is 0 Å². The van der Waals surface area contributed by atoms with Crippen molar-refractivity contribution < 1.29 is 102 Å². The van der Waals surface area contributed by atoms with Crippen LogP contribution in [0.1, 0.15) is 0 Å². The molecule has 66 heavy (non-hydrogen) atoms. The van der Waals surface area contributed by atoms with Gasteiger partial charge in [0.05, 0.1) is 32.8 Å². The number of aromatic hydroxyl groups is 20. The van der Waals surface area contributed by atoms with Crippen LogP contribution in [0.5, 0.6) is 115 Å². The molecule has 0 saturated heterocycles. The molecule has 26 heteroatoms. The van der Waals surface area contributed by atoms with Gasteiger partial charge in [0.15, 0.2) is 63.2 Å². The van der Waals surface area contributed by atoms with E-state index in [0.717, 1.165) is 7.85 Å². The molecule has 20 N–H and O–H groups in total. The van der Waals surface area contributed by atoms with E-state index in [-0.39, 0.29) is 32.7 Å². The minimum absolute atomic E-state index is 0.0713. The van der Waals surface area contributed by atoms with Gasteiger partial charge >= 0.3 is 0 Å². The molecule has 0 unspecified atom stereocenters. The number of phenols is 20. The Hall–Kier alpha value is -8.81. The van der Waals surface area contributed by atoms with Gasteiger partial charge in [0.25, 0.3) is 0 Å². The molecule has 20 nitrogen and oxygen atoms in total. The van der Waals surface area contributed by atoms with Gasteiger partial charge in [-0.05, 0) is 27.3 Å². The highest BCUT2D eigenvalue weighted by Crippen LogP contribution is 2.63. The van der Waals surface area contributed by atoms with Crippen molar-refractivity contribution in [3.05, 3.63) is 0 Å². The summed E-state index contributed by atoms with van der Waals surface area (Å²) in [5.74, 6) is -23.1. The molecule has 8 aromatic carbocycles. The average Bonchev–Trinajstić information content (AvgIpc) is 3.27. The largest absolute Gasteiger partial charge is 0.508 e. The molecule has 0 amide bonds. The van der Waals surface area contributed by atoms with Gasteiger partial charge in [-0.1, -0.05) is 16.4 Å². The molecule has 0 heterocycles. The smallest absolute Gasteiger partial charge is 0.205 e. The number of fused-ring (bicyclic) bond motifs is 5. The first-order valence-corrected chi connectivity index (χ1v) is 19.2. The summed E-state index contributed by atoms with van der Waals surface area (Å²) in [6, 6.07) is 0. The van der Waals surface area contributed by atoms with Gasteiger partial charge in [0.2, 0.25) is 17.2 Å². The molecule has 0 aromatic heterocycles. The molecular formula is C40H32B6O20. The van der Waals surface area contributed by atoms with E-state index in [0.29, 0.717) is 0 Å². The van der Waals surface area contributed by atoms with Crippen LogP contribution in [-0.2, 0) is 0 Å². The second kappa shape index (κ2) is 13.8. The normalized spacial score (nSPS) is 11.7. The molecule has 0 aliphatic carbocycles. The van der Waals surface area contributed by atoms with Crippen LogP contribution in [0.25, 0.3) is 76.5 Å². The van der Waals surface area contributed by atoms with Crippen molar-refractivity contribution in [3.63, 3.8) is 0 Å². The zero-order valence-electron chi connectivity index (χ0n) is 34.9. The molecule has 0 fully saturated rings. The fraction of sp³-hybridized carbons (Fsp3) is 0. The maximum Gasteiger partial charge on any atom is 0.205 e. The third kappa shape index (κ3) is 5.05. The molecule has 0 aliphatic heterocycles. The fourth-order valence-electron chi connectivity index (χ4n) is 9.26. The van der Waals surface area contributed by atoms with Crippen LogP contribution in [0.2, 0.25) is 0 Å². The van der Waals surface area contributed by atoms with Crippen LogP contribution in [-0.4, -0.2) is 149 Å². The number of benzene rings is 8. The van der Waals surface area contributed by atoms with Crippen LogP contribution in [0.4, 0.5) is 0 Å². The molecule has 8 rings (SSSR count). The van der Waals surface area contributed by atoms with Crippen LogP contribution >= 0.6 is 0 Å². The zero-order valence-corrected chi connectivity index (χ0v) is 34.9. The Kier molecular flexibility index (Phi) is 9.19. The first kappa shape index (κ1) is 43.8. The van der Waals surface area contributed by atoms with Gasteiger partial charge in [0.1, 0.15) is 81.6 Å². The van der Waals surface area contributed by atoms with Gasteiger partial charge < -0.3 is 102 Å². The summed E-state index contributed by atoms with van der Waals surface area (Å²) in [7, 11) is 7.44. The highest BCUT2D eigenvalue weighted by molar-refractivity contribution is 6.58. The van der Waals surface area contributed by atoms with Crippen molar-refractivity contribution in [3.8, 4) is 148 Å². The minimum atomic E-state index is -1.46. The van der Waals surface area contributed by atoms with E-state index < -0.39 is 192 Å². The molecule has 0 atom stereocenters. The Labute approximate surface area is 372 Å². The fourth-order valence-corrected chi connectivity index (χ4v) is 9.26. The van der Waals surface area contributed by atoms with Gasteiger partial charge in [-0.2, -0.15) is 0 Å². The lowest BCUT2D eigenvalue weighted by Gasteiger charge is -2.25. The maximum absolute atomic E-state index is 12.2. The average molecular weight is 898 g/mol. The highest BCUT2D eigenvalue weighted by Gasteiger charge is 2.37. The first-order chi connectivity index (χ1) is 30.7. The summed E-state index contributed by atoms with van der Waals surface area (Å²) in [6.45, 7) is 0. The van der Waals surface area contributed by atoms with Crippen molar-refractivity contribution in [1.82, 2.24) is 0 Å². The number of hydrogen-bond acceptors (Lipinski definition) is 20. The lowest BCUT2D eigenvalue weighted by atomic mass is 9.70. The molecular weight excluding hydrogens is 865 g/mol. The van der Waals surface area contributed by atoms with Gasteiger partial charge in [0, 0.05) is 32.7 Å². The predicted molar refractivity (Wildman–Crippen MR) is 255 cm³/mol. The summed E-state index contributed by atoms with van der Waals surface area (Å²) in [5, 5.41) is 220. The van der Waals surface area contributed by atoms with Crippen LogP contribution in [0.3, 0.4) is 0 Å². The number of rotatable bonds is 3. The van der Waals surface area contributed by atoms with E-state index in [9.17, 15) is 102 Å². The van der Waals surface area contributed by atoms with Crippen molar-refractivity contribution in [2.45, 2.75) is 0 Å². The number of hydrogen-bond donors (Lipinski definition) is 20. The Balaban J connectivity index is 1.53. The third-order valence-corrected chi connectivity index (χ3v) is 12.8. The van der Waals surface area contributed by atoms with Crippen molar-refractivity contribution >= 4 is 123 Å². The quantitative estimate of drug-likeness (QED) is 0.0341. The monoisotopic (exact) mass is 898 g/mol. The zero-order chi connectivity index (χ0) is 49.1. The highest BCUT2D eigenvalue weighted by atomic mass is 16.4. The Bertz CT molecular complexity index is 3670. The van der Waals surface area contributed by atoms with E-state index in [1.807, 2.05) is 0 Å². The van der Waals surface area contributed by atoms with Crippen molar-refractivity contribution in [2.75, 3.05) is 0 Å². The molecule has 0 saturated carbocycles. The summed E-state index contributed by atoms with van der Waals surface area (Å²) in [6.07, 6.45) is 0. The second-order valence-corrected chi connectivity index (χ2v) is 16.0. The predicted octanol–water partition coefficient (Wildman–Crippen LogP) is -5.04. The van der Waals surface area contributed by atoms with E-state index >= 15 is 0 Å². The molecule has 0 radical (unpaired) electrons. The summed E-state index contributed by atoms with van der Waals surface area (Å²) in [5.41, 5.74) is -5.87. The summed E-state index contributed by atoms with van der Waals surface area (Å²) >= 11 is 0. The Morgan fingerprint density at radius 2 is 0.455 bits per heavy atom. The summed E-state index contributed by atoms with van der Waals surface area (Å²) < 4.78 is 0. The second-order valence-electron chi connectivity index (χ2n) is 16.0. The molecule has 330 valence electrons. The summed E-state index contributed by atoms with van der Waals surface area (Å²) in [4.78, 5) is 0. The molecule has 0 bridgehead atoms. The lowest BCUT2D eigenvalue weighted by molar-refractivity contribution is 0.349. The van der Waals surface area contributed by atoms with Gasteiger partial charge in [-0.25, -0.2) is 0 Å². The van der Waals surface area contributed by atoms with Crippen LogP contribution < -0.4 is 32.8 Å². The van der Waals surface area contributed by atoms with Gasteiger partial charge in [-0.3, -0.25) is 0 Å². The standard InChI is InChI=1S/C40H32B6O20/c41-15-1(2-3(27(53)36(62)20(46)25(2)51)4-5(15)18(44)35(61)38(64)28(4)54)9-24(50)12(32(58)37(63)31(9)57)11-23(49)8-10(29(55)30(11)56)21(47)6(16(42)17(8)43)7-19(45)26(52)14-13(22(7)48)33(59)39(65)40(66)34(14)60/h47-66H,41-46H2. The van der Waals surface area contributed by atoms with Crippen LogP contribution in [0, 0.1) is 0 Å². The SMILES string of the molecule is Bc1c(-c2c(B)c(O)c3c(O)c(O)c(O)c(O)c3c2O)c(O)c2c(O)c(O)c(-c3c(O)c(O)c(O)c(-c4c(B)c5c(B)c(O)c(O)c(O)c5c5c(O)c(O)c(B)c(O)c45)c3O)c(O)c2c1B. The third-order valence-electron chi connectivity index (χ3n) is 12.8. The van der Waals surface area contributed by atoms with Crippen molar-refractivity contribution in [1.29, 1.82) is 0 Å². The Morgan fingerprint density at radius 3 is 1.00 bits per heavy atom. The minimum Gasteiger partial charge on any atom is -0.508 e. The van der Waals surface area contributed by atoms with Crippen molar-refractivity contribution in [2.24, 2.45) is 0 Å². The molecule has 8 aromatic rings. The van der Waals surface area contributed by atoms with Gasteiger partial charge in [-0.15, -0.1) is 0 Å². The van der Waals surface area contributed by atoms with E-state index in [1.165, 1.54) is 39.2 Å².